The minimum Gasteiger partial charge on any atom is -0.380 e. The van der Waals surface area contributed by atoms with Crippen LogP contribution in [0.4, 0.5) is 5.69 Å². The summed E-state index contributed by atoms with van der Waals surface area (Å²) >= 11 is 0. The second kappa shape index (κ2) is 7.39. The molecule has 6 heteroatoms. The third-order valence-electron chi connectivity index (χ3n) is 3.14. The van der Waals surface area contributed by atoms with E-state index in [0.29, 0.717) is 23.4 Å². The van der Waals surface area contributed by atoms with Crippen molar-refractivity contribution in [1.29, 1.82) is 0 Å². The lowest BCUT2D eigenvalue weighted by molar-refractivity contribution is 0.102. The molecule has 0 spiro atoms. The van der Waals surface area contributed by atoms with E-state index in [1.807, 2.05) is 18.2 Å². The molecule has 0 radical (unpaired) electrons. The number of benzene rings is 2. The molecule has 0 heterocycles. The summed E-state index contributed by atoms with van der Waals surface area (Å²) in [6.07, 6.45) is 1.18. The summed E-state index contributed by atoms with van der Waals surface area (Å²) in [5.41, 5.74) is 2.78. The minimum atomic E-state index is -3.08. The van der Waals surface area contributed by atoms with Crippen LogP contribution in [0.25, 0.3) is 0 Å². The minimum absolute atomic E-state index is 0.0338. The van der Waals surface area contributed by atoms with Crippen LogP contribution in [0.3, 0.4) is 0 Å². The maximum Gasteiger partial charge on any atom is 0.255 e. The van der Waals surface area contributed by atoms with Gasteiger partial charge in [0.05, 0.1) is 12.4 Å². The van der Waals surface area contributed by atoms with Gasteiger partial charge >= 0.3 is 0 Å². The zero-order chi connectivity index (χ0) is 16.9. The van der Waals surface area contributed by atoms with Gasteiger partial charge in [-0.05, 0) is 35.4 Å². The normalized spacial score (nSPS) is 11.2. The molecule has 0 saturated heterocycles. The van der Waals surface area contributed by atoms with Crippen LogP contribution in [0.2, 0.25) is 0 Å². The number of amides is 1. The third-order valence-corrected chi connectivity index (χ3v) is 4.00. The fourth-order valence-corrected chi connectivity index (χ4v) is 2.96. The Labute approximate surface area is 136 Å². The number of methoxy groups -OCH3 is 1. The first-order chi connectivity index (χ1) is 10.9. The molecule has 0 aromatic heterocycles. The topological polar surface area (TPSA) is 72.5 Å². The fourth-order valence-electron chi connectivity index (χ4n) is 2.16. The average Bonchev–Trinajstić information content (AvgIpc) is 2.47. The molecule has 0 atom stereocenters. The van der Waals surface area contributed by atoms with E-state index in [1.54, 1.807) is 37.4 Å². The highest BCUT2D eigenvalue weighted by Crippen LogP contribution is 2.14. The lowest BCUT2D eigenvalue weighted by Crippen LogP contribution is -2.12. The molecule has 2 aromatic rings. The quantitative estimate of drug-likeness (QED) is 0.882. The van der Waals surface area contributed by atoms with Crippen molar-refractivity contribution >= 4 is 21.4 Å². The van der Waals surface area contributed by atoms with Crippen molar-refractivity contribution in [3.63, 3.8) is 0 Å². The lowest BCUT2D eigenvalue weighted by atomic mass is 10.1. The van der Waals surface area contributed by atoms with E-state index >= 15 is 0 Å². The summed E-state index contributed by atoms with van der Waals surface area (Å²) in [6.45, 7) is 0.476. The number of hydrogen-bond donors (Lipinski definition) is 1. The van der Waals surface area contributed by atoms with Crippen LogP contribution >= 0.6 is 0 Å². The highest BCUT2D eigenvalue weighted by atomic mass is 32.2. The van der Waals surface area contributed by atoms with Crippen LogP contribution < -0.4 is 5.32 Å². The third kappa shape index (κ3) is 5.50. The molecule has 0 bridgehead atoms. The zero-order valence-corrected chi connectivity index (χ0v) is 13.9. The Balaban J connectivity index is 2.07. The van der Waals surface area contributed by atoms with E-state index in [4.69, 9.17) is 4.74 Å². The largest absolute Gasteiger partial charge is 0.380 e. The van der Waals surface area contributed by atoms with Gasteiger partial charge in [0.1, 0.15) is 0 Å². The molecule has 23 heavy (non-hydrogen) atoms. The Bertz CT molecular complexity index is 782. The number of ether oxygens (including phenoxy) is 1. The van der Waals surface area contributed by atoms with Crippen LogP contribution in [0.1, 0.15) is 21.5 Å². The van der Waals surface area contributed by atoms with Crippen LogP contribution in [-0.2, 0) is 26.9 Å². The Morgan fingerprint density at radius 2 is 1.78 bits per heavy atom. The first-order valence-corrected chi connectivity index (χ1v) is 9.09. The Kier molecular flexibility index (Phi) is 5.52. The van der Waals surface area contributed by atoms with E-state index in [0.717, 1.165) is 5.56 Å². The monoisotopic (exact) mass is 333 g/mol. The highest BCUT2D eigenvalue weighted by Gasteiger charge is 2.08. The predicted octanol–water partition coefficient (Wildman–Crippen LogP) is 2.63. The van der Waals surface area contributed by atoms with Crippen molar-refractivity contribution in [2.24, 2.45) is 0 Å². The first kappa shape index (κ1) is 17.2. The Morgan fingerprint density at radius 1 is 1.09 bits per heavy atom. The van der Waals surface area contributed by atoms with Gasteiger partial charge in [-0.3, -0.25) is 4.79 Å². The van der Waals surface area contributed by atoms with Gasteiger partial charge in [-0.1, -0.05) is 24.3 Å². The molecule has 0 unspecified atom stereocenters. The number of rotatable bonds is 6. The summed E-state index contributed by atoms with van der Waals surface area (Å²) in [5.74, 6) is -0.279. The first-order valence-electron chi connectivity index (χ1n) is 7.03. The zero-order valence-electron chi connectivity index (χ0n) is 13.1. The molecule has 2 aromatic carbocycles. The summed E-state index contributed by atoms with van der Waals surface area (Å²) in [5, 5.41) is 2.81. The van der Waals surface area contributed by atoms with E-state index in [-0.39, 0.29) is 11.7 Å². The average molecular weight is 333 g/mol. The number of carbonyl (C=O) groups is 1. The Hall–Kier alpha value is -2.18. The number of anilines is 1. The lowest BCUT2D eigenvalue weighted by Gasteiger charge is -2.08. The van der Waals surface area contributed by atoms with Crippen LogP contribution in [0, 0.1) is 0 Å². The van der Waals surface area contributed by atoms with Crippen molar-refractivity contribution in [1.82, 2.24) is 0 Å². The second-order valence-electron chi connectivity index (χ2n) is 5.35. The maximum absolute atomic E-state index is 12.2. The van der Waals surface area contributed by atoms with Crippen LogP contribution in [0.5, 0.6) is 0 Å². The smallest absolute Gasteiger partial charge is 0.255 e. The van der Waals surface area contributed by atoms with E-state index in [2.05, 4.69) is 5.32 Å². The van der Waals surface area contributed by atoms with Gasteiger partial charge in [-0.2, -0.15) is 0 Å². The van der Waals surface area contributed by atoms with Crippen molar-refractivity contribution in [2.75, 3.05) is 18.7 Å². The van der Waals surface area contributed by atoms with Crippen molar-refractivity contribution in [2.45, 2.75) is 12.4 Å². The molecule has 0 aliphatic rings. The molecule has 0 fully saturated rings. The second-order valence-corrected chi connectivity index (χ2v) is 7.49. The molecule has 1 amide bonds. The Morgan fingerprint density at radius 3 is 2.39 bits per heavy atom. The van der Waals surface area contributed by atoms with Gasteiger partial charge < -0.3 is 10.1 Å². The number of nitrogens with one attached hydrogen (secondary N) is 1. The van der Waals surface area contributed by atoms with Crippen molar-refractivity contribution in [3.05, 3.63) is 65.2 Å². The van der Waals surface area contributed by atoms with Gasteiger partial charge in [0.15, 0.2) is 9.84 Å². The molecular formula is C17H19NO4S. The van der Waals surface area contributed by atoms with Gasteiger partial charge in [0.2, 0.25) is 0 Å². The van der Waals surface area contributed by atoms with Gasteiger partial charge in [-0.25, -0.2) is 8.42 Å². The standard InChI is InChI=1S/C17H19NO4S/c1-22-11-14-4-3-5-16(10-14)18-17(19)15-8-6-13(7-9-15)12-23(2,20)21/h3-10H,11-12H2,1-2H3,(H,18,19). The molecule has 0 saturated carbocycles. The molecule has 1 N–H and O–H groups in total. The predicted molar refractivity (Wildman–Crippen MR) is 90.1 cm³/mol. The molecule has 0 aliphatic carbocycles. The maximum atomic E-state index is 12.2. The van der Waals surface area contributed by atoms with Crippen LogP contribution in [-0.4, -0.2) is 27.7 Å². The SMILES string of the molecule is COCc1cccc(NC(=O)c2ccc(CS(C)(=O)=O)cc2)c1. The number of hydrogen-bond acceptors (Lipinski definition) is 4. The molecule has 0 aliphatic heterocycles. The fraction of sp³-hybridized carbons (Fsp3) is 0.235. The molecule has 2 rings (SSSR count). The molecule has 5 nitrogen and oxygen atoms in total. The van der Waals surface area contributed by atoms with Crippen LogP contribution in [0.15, 0.2) is 48.5 Å². The van der Waals surface area contributed by atoms with E-state index in [9.17, 15) is 13.2 Å². The van der Waals surface area contributed by atoms with E-state index < -0.39 is 9.84 Å². The van der Waals surface area contributed by atoms with Gasteiger partial charge in [-0.15, -0.1) is 0 Å². The number of sulfone groups is 1. The van der Waals surface area contributed by atoms with Crippen molar-refractivity contribution in [3.8, 4) is 0 Å². The van der Waals surface area contributed by atoms with Crippen molar-refractivity contribution < 1.29 is 17.9 Å². The molecule has 122 valence electrons. The summed E-state index contributed by atoms with van der Waals surface area (Å²) in [6, 6.07) is 13.9. The van der Waals surface area contributed by atoms with Gasteiger partial charge in [0, 0.05) is 24.6 Å². The van der Waals surface area contributed by atoms with Gasteiger partial charge in [0.25, 0.3) is 5.91 Å². The summed E-state index contributed by atoms with van der Waals surface area (Å²) < 4.78 is 27.6. The summed E-state index contributed by atoms with van der Waals surface area (Å²) in [4.78, 5) is 12.2. The molecular weight excluding hydrogens is 314 g/mol. The van der Waals surface area contributed by atoms with E-state index in [1.165, 1.54) is 6.26 Å². The number of carbonyl (C=O) groups excluding carboxylic acids is 1. The summed E-state index contributed by atoms with van der Waals surface area (Å²) in [7, 11) is -1.47. The highest BCUT2D eigenvalue weighted by molar-refractivity contribution is 7.89.